The van der Waals surface area contributed by atoms with E-state index in [1.165, 1.54) is 28.7 Å². The van der Waals surface area contributed by atoms with Crippen LogP contribution in [0.2, 0.25) is 0 Å². The number of anilines is 1. The first-order valence-corrected chi connectivity index (χ1v) is 7.34. The highest BCUT2D eigenvalue weighted by Crippen LogP contribution is 2.17. The van der Waals surface area contributed by atoms with Crippen molar-refractivity contribution in [1.29, 1.82) is 0 Å². The molecule has 2 heterocycles. The Morgan fingerprint density at radius 1 is 1.44 bits per heavy atom. The van der Waals surface area contributed by atoms with Crippen LogP contribution in [0.25, 0.3) is 0 Å². The SMILES string of the molecule is COC(=O)c1nn(C)cc1NC(=O)C(C)Cn1nc([N+](=O)[O-])cc1C. The van der Waals surface area contributed by atoms with Gasteiger partial charge >= 0.3 is 11.8 Å². The summed E-state index contributed by atoms with van der Waals surface area (Å²) >= 11 is 0. The highest BCUT2D eigenvalue weighted by molar-refractivity contribution is 6.00. The molecule has 2 aromatic heterocycles. The van der Waals surface area contributed by atoms with Gasteiger partial charge in [-0.25, -0.2) is 4.79 Å². The van der Waals surface area contributed by atoms with Gasteiger partial charge in [0.1, 0.15) is 0 Å². The number of carbonyl (C=O) groups is 2. The Bertz CT molecular complexity index is 824. The Morgan fingerprint density at radius 3 is 2.68 bits per heavy atom. The number of nitrogens with one attached hydrogen (secondary N) is 1. The molecule has 1 atom stereocenters. The van der Waals surface area contributed by atoms with Gasteiger partial charge in [0, 0.05) is 13.2 Å². The number of nitro groups is 1. The standard InChI is InChI=1S/C14H18N6O5/c1-8(6-19-9(2)5-11(16-19)20(23)24)13(21)15-10-7-18(3)17-12(10)14(22)25-4/h5,7-8H,6H2,1-4H3,(H,15,21). The molecule has 0 aromatic carbocycles. The third-order valence-electron chi connectivity index (χ3n) is 3.52. The summed E-state index contributed by atoms with van der Waals surface area (Å²) in [6.07, 6.45) is 1.49. The molecule has 0 aliphatic rings. The predicted molar refractivity (Wildman–Crippen MR) is 86.0 cm³/mol. The molecule has 0 radical (unpaired) electrons. The Balaban J connectivity index is 2.11. The van der Waals surface area contributed by atoms with Gasteiger partial charge in [-0.1, -0.05) is 6.92 Å². The lowest BCUT2D eigenvalue weighted by Crippen LogP contribution is -2.26. The van der Waals surface area contributed by atoms with Gasteiger partial charge in [-0.3, -0.25) is 9.48 Å². The number of hydrogen-bond donors (Lipinski definition) is 1. The van der Waals surface area contributed by atoms with Crippen LogP contribution in [0.5, 0.6) is 0 Å². The van der Waals surface area contributed by atoms with Crippen molar-refractivity contribution in [2.75, 3.05) is 12.4 Å². The third-order valence-corrected chi connectivity index (χ3v) is 3.52. The van der Waals surface area contributed by atoms with E-state index in [4.69, 9.17) is 0 Å². The maximum atomic E-state index is 12.4. The topological polar surface area (TPSA) is 134 Å². The van der Waals surface area contributed by atoms with E-state index in [0.717, 1.165) is 0 Å². The second kappa shape index (κ2) is 7.11. The molecule has 11 heteroatoms. The lowest BCUT2D eigenvalue weighted by molar-refractivity contribution is -0.389. The Labute approximate surface area is 142 Å². The number of hydrogen-bond acceptors (Lipinski definition) is 7. The fraction of sp³-hybridized carbons (Fsp3) is 0.429. The fourth-order valence-corrected chi connectivity index (χ4v) is 2.19. The first-order chi connectivity index (χ1) is 11.7. The summed E-state index contributed by atoms with van der Waals surface area (Å²) < 4.78 is 7.40. The van der Waals surface area contributed by atoms with Gasteiger partial charge in [-0.05, 0) is 11.8 Å². The van der Waals surface area contributed by atoms with Gasteiger partial charge in [0.15, 0.2) is 5.69 Å². The zero-order valence-electron chi connectivity index (χ0n) is 14.2. The van der Waals surface area contributed by atoms with Gasteiger partial charge in [0.25, 0.3) is 0 Å². The maximum Gasteiger partial charge on any atom is 0.390 e. The summed E-state index contributed by atoms with van der Waals surface area (Å²) in [6, 6.07) is 1.33. The first kappa shape index (κ1) is 18.1. The minimum absolute atomic E-state index is 0.00328. The summed E-state index contributed by atoms with van der Waals surface area (Å²) in [7, 11) is 2.83. The van der Waals surface area contributed by atoms with Crippen molar-refractivity contribution in [2.24, 2.45) is 13.0 Å². The number of aromatic nitrogens is 4. The van der Waals surface area contributed by atoms with E-state index in [2.05, 4.69) is 20.3 Å². The monoisotopic (exact) mass is 350 g/mol. The Morgan fingerprint density at radius 2 is 2.12 bits per heavy atom. The number of nitrogens with zero attached hydrogens (tertiary/aromatic N) is 5. The van der Waals surface area contributed by atoms with E-state index < -0.39 is 16.8 Å². The van der Waals surface area contributed by atoms with E-state index in [1.54, 1.807) is 20.9 Å². The highest BCUT2D eigenvalue weighted by atomic mass is 16.6. The number of amides is 1. The molecule has 25 heavy (non-hydrogen) atoms. The molecule has 1 unspecified atom stereocenters. The van der Waals surface area contributed by atoms with Crippen LogP contribution in [0, 0.1) is 23.0 Å². The largest absolute Gasteiger partial charge is 0.464 e. The number of carbonyl (C=O) groups excluding carboxylic acids is 2. The molecule has 1 amide bonds. The van der Waals surface area contributed by atoms with E-state index >= 15 is 0 Å². The van der Waals surface area contributed by atoms with Gasteiger partial charge in [0.2, 0.25) is 5.91 Å². The van der Waals surface area contributed by atoms with Crippen LogP contribution in [-0.4, -0.2) is 43.5 Å². The van der Waals surface area contributed by atoms with Crippen LogP contribution in [-0.2, 0) is 23.1 Å². The zero-order chi connectivity index (χ0) is 18.7. The van der Waals surface area contributed by atoms with E-state index in [9.17, 15) is 19.7 Å². The van der Waals surface area contributed by atoms with Gasteiger partial charge in [-0.2, -0.15) is 9.78 Å². The second-order valence-corrected chi connectivity index (χ2v) is 5.53. The average molecular weight is 350 g/mol. The van der Waals surface area contributed by atoms with Crippen molar-refractivity contribution in [3.8, 4) is 0 Å². The van der Waals surface area contributed by atoms with E-state index in [1.807, 2.05) is 0 Å². The quantitative estimate of drug-likeness (QED) is 0.464. The van der Waals surface area contributed by atoms with Crippen LogP contribution < -0.4 is 5.32 Å². The van der Waals surface area contributed by atoms with Crippen LogP contribution in [0.4, 0.5) is 11.5 Å². The van der Waals surface area contributed by atoms with Gasteiger partial charge < -0.3 is 20.2 Å². The molecule has 0 saturated heterocycles. The number of aryl methyl sites for hydroxylation is 2. The number of esters is 1. The number of methoxy groups -OCH3 is 1. The van der Waals surface area contributed by atoms with Gasteiger partial charge in [0.05, 0.1) is 42.1 Å². The van der Waals surface area contributed by atoms with Crippen LogP contribution in [0.1, 0.15) is 23.1 Å². The van der Waals surface area contributed by atoms with Crippen molar-refractivity contribution in [2.45, 2.75) is 20.4 Å². The third kappa shape index (κ3) is 4.00. The molecule has 11 nitrogen and oxygen atoms in total. The molecule has 134 valence electrons. The molecule has 0 saturated carbocycles. The first-order valence-electron chi connectivity index (χ1n) is 7.34. The number of rotatable bonds is 6. The van der Waals surface area contributed by atoms with Gasteiger partial charge in [-0.15, -0.1) is 0 Å². The molecular weight excluding hydrogens is 332 g/mol. The predicted octanol–water partition coefficient (Wildman–Crippen LogP) is 0.895. The van der Waals surface area contributed by atoms with Crippen molar-refractivity contribution in [1.82, 2.24) is 19.6 Å². The average Bonchev–Trinajstić information content (AvgIpc) is 3.09. The molecule has 0 aliphatic carbocycles. The van der Waals surface area contributed by atoms with Crippen LogP contribution >= 0.6 is 0 Å². The van der Waals surface area contributed by atoms with Crippen molar-refractivity contribution >= 4 is 23.4 Å². The lowest BCUT2D eigenvalue weighted by Gasteiger charge is -2.11. The summed E-state index contributed by atoms with van der Waals surface area (Å²) in [6.45, 7) is 3.47. The number of ether oxygens (including phenoxy) is 1. The van der Waals surface area contributed by atoms with Crippen molar-refractivity contribution in [3.05, 3.63) is 33.8 Å². The molecule has 2 rings (SSSR count). The van der Waals surface area contributed by atoms with Crippen molar-refractivity contribution in [3.63, 3.8) is 0 Å². The Kier molecular flexibility index (Phi) is 5.15. The Hall–Kier alpha value is -3.24. The second-order valence-electron chi connectivity index (χ2n) is 5.53. The summed E-state index contributed by atoms with van der Waals surface area (Å²) in [5.74, 6) is -1.87. The van der Waals surface area contributed by atoms with Crippen LogP contribution in [0.15, 0.2) is 12.3 Å². The smallest absolute Gasteiger partial charge is 0.390 e. The molecule has 1 N–H and O–H groups in total. The lowest BCUT2D eigenvalue weighted by atomic mass is 10.1. The molecule has 0 fully saturated rings. The minimum Gasteiger partial charge on any atom is -0.464 e. The van der Waals surface area contributed by atoms with E-state index in [-0.39, 0.29) is 29.7 Å². The maximum absolute atomic E-state index is 12.4. The van der Waals surface area contributed by atoms with E-state index in [0.29, 0.717) is 5.69 Å². The highest BCUT2D eigenvalue weighted by Gasteiger charge is 2.23. The zero-order valence-corrected chi connectivity index (χ0v) is 14.2. The van der Waals surface area contributed by atoms with Crippen LogP contribution in [0.3, 0.4) is 0 Å². The minimum atomic E-state index is -0.665. The molecular formula is C14H18N6O5. The summed E-state index contributed by atoms with van der Waals surface area (Å²) in [5.41, 5.74) is 0.800. The molecule has 0 aliphatic heterocycles. The molecule has 0 bridgehead atoms. The van der Waals surface area contributed by atoms with Crippen molar-refractivity contribution < 1.29 is 19.2 Å². The molecule has 0 spiro atoms. The summed E-state index contributed by atoms with van der Waals surface area (Å²) in [4.78, 5) is 34.2. The summed E-state index contributed by atoms with van der Waals surface area (Å²) in [5, 5.41) is 21.2. The fourth-order valence-electron chi connectivity index (χ4n) is 2.19. The normalized spacial score (nSPS) is 11.8. The molecule has 2 aromatic rings.